The minimum Gasteiger partial charge on any atom is -0.456 e. The molecular weight excluding hydrogens is 532 g/mol. The summed E-state index contributed by atoms with van der Waals surface area (Å²) in [6.45, 7) is 9.22. The summed E-state index contributed by atoms with van der Waals surface area (Å²) in [6.07, 6.45) is 1.69. The summed E-state index contributed by atoms with van der Waals surface area (Å²) in [7, 11) is -4.10. The highest BCUT2D eigenvalue weighted by molar-refractivity contribution is 7.86. The number of non-ortho nitro benzene ring substituents is 1. The highest BCUT2D eigenvalue weighted by Crippen LogP contribution is 2.49. The van der Waals surface area contributed by atoms with Crippen molar-refractivity contribution in [3.8, 4) is 0 Å². The van der Waals surface area contributed by atoms with E-state index in [-0.39, 0.29) is 48.7 Å². The van der Waals surface area contributed by atoms with Gasteiger partial charge in [0.2, 0.25) is 5.91 Å². The number of ether oxygens (including phenoxy) is 3. The average Bonchev–Trinajstić information content (AvgIpc) is 2.88. The Bertz CT molecular complexity index is 1160. The minimum absolute atomic E-state index is 0.0589. The molecule has 0 aliphatic carbocycles. The Hall–Kier alpha value is -3.03. The Morgan fingerprint density at radius 1 is 1.13 bits per heavy atom. The molecule has 1 aromatic rings. The van der Waals surface area contributed by atoms with Crippen molar-refractivity contribution in [3.05, 3.63) is 51.4 Å². The molecule has 0 saturated carbocycles. The maximum absolute atomic E-state index is 13.5. The molecule has 1 aliphatic rings. The van der Waals surface area contributed by atoms with Gasteiger partial charge in [0.25, 0.3) is 5.69 Å². The lowest BCUT2D eigenvalue weighted by molar-refractivity contribution is -0.384. The first-order valence-electron chi connectivity index (χ1n) is 12.9. The second-order valence-electron chi connectivity index (χ2n) is 9.17. The van der Waals surface area contributed by atoms with Crippen molar-refractivity contribution < 1.29 is 41.3 Å². The summed E-state index contributed by atoms with van der Waals surface area (Å²) in [4.78, 5) is 38.7. The van der Waals surface area contributed by atoms with Crippen molar-refractivity contribution in [2.75, 3.05) is 19.5 Å². The molecule has 2 atom stereocenters. The minimum atomic E-state index is -4.10. The molecule has 1 amide bonds. The number of nitro groups is 1. The predicted octanol–water partition coefficient (Wildman–Crippen LogP) is 4.04. The van der Waals surface area contributed by atoms with Crippen molar-refractivity contribution in [2.24, 2.45) is 5.41 Å². The third-order valence-electron chi connectivity index (χ3n) is 6.79. The number of β-lactam (4-membered cyclic amide) rings is 1. The Balaban J connectivity index is 2.49. The lowest BCUT2D eigenvalue weighted by Crippen LogP contribution is -2.68. The smallest absolute Gasteiger partial charge is 0.358 e. The van der Waals surface area contributed by atoms with Crippen LogP contribution in [-0.2, 0) is 44.7 Å². The van der Waals surface area contributed by atoms with Crippen molar-refractivity contribution >= 4 is 27.7 Å². The van der Waals surface area contributed by atoms with Crippen LogP contribution in [0.2, 0.25) is 0 Å². The lowest BCUT2D eigenvalue weighted by atomic mass is 9.65. The molecule has 13 heteroatoms. The second-order valence-corrected chi connectivity index (χ2v) is 10.7. The Morgan fingerprint density at radius 3 is 2.23 bits per heavy atom. The van der Waals surface area contributed by atoms with Crippen LogP contribution in [0.25, 0.3) is 0 Å². The number of nitrogens with zero attached hydrogens (tertiary/aromatic N) is 2. The van der Waals surface area contributed by atoms with Crippen LogP contribution in [0.1, 0.15) is 65.9 Å². The maximum atomic E-state index is 13.5. The fourth-order valence-corrected chi connectivity index (χ4v) is 5.35. The van der Waals surface area contributed by atoms with Crippen molar-refractivity contribution in [2.45, 2.75) is 79.2 Å². The molecule has 1 aliphatic heterocycles. The molecule has 39 heavy (non-hydrogen) atoms. The molecule has 2 unspecified atom stereocenters. The molecule has 1 saturated heterocycles. The molecular formula is C26H38N2O10S. The molecule has 1 heterocycles. The molecule has 12 nitrogen and oxygen atoms in total. The van der Waals surface area contributed by atoms with Crippen molar-refractivity contribution in [1.82, 2.24) is 4.90 Å². The predicted molar refractivity (Wildman–Crippen MR) is 141 cm³/mol. The van der Waals surface area contributed by atoms with Gasteiger partial charge in [0.1, 0.15) is 6.61 Å². The summed E-state index contributed by atoms with van der Waals surface area (Å²) in [5.41, 5.74) is -0.659. The van der Waals surface area contributed by atoms with Gasteiger partial charge in [-0.15, -0.1) is 0 Å². The second kappa shape index (κ2) is 13.9. The van der Waals surface area contributed by atoms with Gasteiger partial charge in [-0.1, -0.05) is 20.8 Å². The number of likely N-dealkylation sites (tertiary alicyclic amines) is 1. The fraction of sp³-hybridized carbons (Fsp3) is 0.615. The van der Waals surface area contributed by atoms with Crippen LogP contribution in [0, 0.1) is 15.5 Å². The summed E-state index contributed by atoms with van der Waals surface area (Å²) < 4.78 is 46.0. The number of carbonyl (C=O) groups is 2. The standard InChI is InChI=1S/C26H38N2O10S/c1-7-22-26(8-2,9-3)25(30)27(22)23(21(38-39(6,33)34)15-16-36-18(5)35-10-4)24(29)37-17-19-11-13-20(14-12-19)28(31)32/h11-14,18,22H,7-10,15-17H2,1-6H3. The van der Waals surface area contributed by atoms with E-state index in [1.807, 2.05) is 20.8 Å². The van der Waals surface area contributed by atoms with Crippen LogP contribution >= 0.6 is 0 Å². The van der Waals surface area contributed by atoms with Gasteiger partial charge in [-0.25, -0.2) is 4.79 Å². The number of hydrogen-bond donors (Lipinski definition) is 0. The van der Waals surface area contributed by atoms with Crippen LogP contribution in [0.4, 0.5) is 5.69 Å². The maximum Gasteiger partial charge on any atom is 0.358 e. The first-order valence-corrected chi connectivity index (χ1v) is 14.8. The zero-order valence-electron chi connectivity index (χ0n) is 23.3. The zero-order valence-corrected chi connectivity index (χ0v) is 24.1. The Labute approximate surface area is 229 Å². The topological polar surface area (TPSA) is 152 Å². The zero-order chi connectivity index (χ0) is 29.4. The molecule has 0 aromatic heterocycles. The third kappa shape index (κ3) is 7.76. The summed E-state index contributed by atoms with van der Waals surface area (Å²) >= 11 is 0. The van der Waals surface area contributed by atoms with E-state index in [2.05, 4.69) is 0 Å². The lowest BCUT2D eigenvalue weighted by Gasteiger charge is -2.56. The van der Waals surface area contributed by atoms with Gasteiger partial charge in [0, 0.05) is 25.2 Å². The van der Waals surface area contributed by atoms with E-state index < -0.39 is 32.7 Å². The molecule has 0 spiro atoms. The molecule has 0 N–H and O–H groups in total. The highest BCUT2D eigenvalue weighted by Gasteiger charge is 2.60. The van der Waals surface area contributed by atoms with E-state index in [4.69, 9.17) is 18.4 Å². The van der Waals surface area contributed by atoms with Gasteiger partial charge in [0.15, 0.2) is 17.7 Å². The van der Waals surface area contributed by atoms with Gasteiger partial charge in [-0.2, -0.15) is 8.42 Å². The molecule has 1 aromatic carbocycles. The summed E-state index contributed by atoms with van der Waals surface area (Å²) in [5, 5.41) is 10.9. The quantitative estimate of drug-likeness (QED) is 0.0416. The largest absolute Gasteiger partial charge is 0.456 e. The first-order chi connectivity index (χ1) is 18.3. The molecule has 0 radical (unpaired) electrons. The van der Waals surface area contributed by atoms with Crippen LogP contribution < -0.4 is 0 Å². The van der Waals surface area contributed by atoms with Gasteiger partial charge < -0.3 is 18.4 Å². The summed E-state index contributed by atoms with van der Waals surface area (Å²) in [5.74, 6) is -1.56. The van der Waals surface area contributed by atoms with Crippen LogP contribution in [0.3, 0.4) is 0 Å². The van der Waals surface area contributed by atoms with E-state index >= 15 is 0 Å². The number of amides is 1. The fourth-order valence-electron chi connectivity index (χ4n) is 4.82. The van der Waals surface area contributed by atoms with Gasteiger partial charge in [-0.05, 0) is 50.8 Å². The Kier molecular flexibility index (Phi) is 11.4. The number of carbonyl (C=O) groups excluding carboxylic acids is 2. The molecule has 2 rings (SSSR count). The number of nitro benzene ring substituents is 1. The van der Waals surface area contributed by atoms with Crippen LogP contribution in [0.15, 0.2) is 35.7 Å². The van der Waals surface area contributed by atoms with E-state index in [9.17, 15) is 28.1 Å². The highest BCUT2D eigenvalue weighted by atomic mass is 32.2. The van der Waals surface area contributed by atoms with E-state index in [1.165, 1.54) is 29.2 Å². The third-order valence-corrected chi connectivity index (χ3v) is 7.30. The summed E-state index contributed by atoms with van der Waals surface area (Å²) in [6, 6.07) is 5.04. The number of benzene rings is 1. The first kappa shape index (κ1) is 32.2. The van der Waals surface area contributed by atoms with E-state index in [0.717, 1.165) is 6.26 Å². The van der Waals surface area contributed by atoms with Crippen LogP contribution in [-0.4, -0.2) is 61.9 Å². The normalized spacial score (nSPS) is 18.2. The van der Waals surface area contributed by atoms with E-state index in [0.29, 0.717) is 31.4 Å². The van der Waals surface area contributed by atoms with Gasteiger partial charge >= 0.3 is 16.1 Å². The van der Waals surface area contributed by atoms with Crippen LogP contribution in [0.5, 0.6) is 0 Å². The van der Waals surface area contributed by atoms with Gasteiger partial charge in [0.05, 0.1) is 29.2 Å². The number of esters is 1. The monoisotopic (exact) mass is 570 g/mol. The number of hydrogen-bond acceptors (Lipinski definition) is 10. The van der Waals surface area contributed by atoms with E-state index in [1.54, 1.807) is 13.8 Å². The van der Waals surface area contributed by atoms with Crippen molar-refractivity contribution in [3.63, 3.8) is 0 Å². The van der Waals surface area contributed by atoms with Gasteiger partial charge in [-0.3, -0.25) is 19.8 Å². The van der Waals surface area contributed by atoms with Crippen molar-refractivity contribution in [1.29, 1.82) is 0 Å². The average molecular weight is 571 g/mol. The Morgan fingerprint density at radius 2 is 1.74 bits per heavy atom. The molecule has 0 bridgehead atoms. The number of rotatable bonds is 16. The molecule has 1 fully saturated rings. The molecule has 218 valence electrons. The SMILES string of the molecule is CCOC(C)OCCC(OS(C)(=O)=O)=C(C(=O)OCc1ccc([N+](=O)[O-])cc1)N1C(=O)C(CC)(CC)C1CC.